The quantitative estimate of drug-likeness (QED) is 0.279. The minimum atomic E-state index is -0.695. The van der Waals surface area contributed by atoms with E-state index in [0.29, 0.717) is 0 Å². The van der Waals surface area contributed by atoms with Crippen LogP contribution < -0.4 is 0 Å². The van der Waals surface area contributed by atoms with Crippen LogP contribution in [0.5, 0.6) is 0 Å². The topological polar surface area (TPSA) is 35.5 Å². The number of unbranched alkanes of at least 4 members (excludes halogenated alkanes) is 3. The number of carbonyl (C=O) groups is 1. The lowest BCUT2D eigenvalue weighted by atomic mass is 9.63. The Labute approximate surface area is 106 Å². The summed E-state index contributed by atoms with van der Waals surface area (Å²) in [6, 6.07) is 0. The van der Waals surface area contributed by atoms with Crippen molar-refractivity contribution in [3.8, 4) is 0 Å². The molecule has 3 nitrogen and oxygen atoms in total. The highest BCUT2D eigenvalue weighted by Gasteiger charge is 2.55. The molecule has 0 aromatic carbocycles. The van der Waals surface area contributed by atoms with Crippen molar-refractivity contribution in [3.63, 3.8) is 0 Å². The van der Waals surface area contributed by atoms with E-state index in [9.17, 15) is 4.79 Å². The van der Waals surface area contributed by atoms with Gasteiger partial charge in [0.1, 0.15) is 0 Å². The SMILES string of the molecule is [B]C1([B])C(CCCCCC)C1CC(=O)OOC. The van der Waals surface area contributed by atoms with E-state index in [2.05, 4.69) is 16.7 Å². The molecule has 0 spiro atoms. The van der Waals surface area contributed by atoms with E-state index in [1.165, 1.54) is 26.4 Å². The Hall–Kier alpha value is -0.440. The molecule has 2 unspecified atom stereocenters. The summed E-state index contributed by atoms with van der Waals surface area (Å²) < 4.78 is 0. The summed E-state index contributed by atoms with van der Waals surface area (Å²) in [5, 5.41) is -0.695. The second-order valence-electron chi connectivity index (χ2n) is 4.89. The van der Waals surface area contributed by atoms with Crippen molar-refractivity contribution in [2.75, 3.05) is 7.11 Å². The van der Waals surface area contributed by atoms with Gasteiger partial charge < -0.3 is 0 Å². The monoisotopic (exact) mass is 234 g/mol. The second kappa shape index (κ2) is 6.48. The highest BCUT2D eigenvalue weighted by Crippen LogP contribution is 2.64. The van der Waals surface area contributed by atoms with Crippen molar-refractivity contribution in [1.29, 1.82) is 0 Å². The predicted molar refractivity (Wildman–Crippen MR) is 67.7 cm³/mol. The van der Waals surface area contributed by atoms with E-state index in [0.717, 1.165) is 12.8 Å². The van der Waals surface area contributed by atoms with Crippen LogP contribution >= 0.6 is 0 Å². The van der Waals surface area contributed by atoms with E-state index in [-0.39, 0.29) is 18.3 Å². The molecule has 0 N–H and O–H groups in total. The van der Waals surface area contributed by atoms with Gasteiger partial charge in [0.2, 0.25) is 0 Å². The Morgan fingerprint density at radius 1 is 1.24 bits per heavy atom. The second-order valence-corrected chi connectivity index (χ2v) is 4.89. The third-order valence-corrected chi connectivity index (χ3v) is 3.59. The van der Waals surface area contributed by atoms with Crippen molar-refractivity contribution in [2.45, 2.75) is 50.7 Å². The zero-order chi connectivity index (χ0) is 12.9. The van der Waals surface area contributed by atoms with Gasteiger partial charge in [-0.05, 0) is 11.8 Å². The van der Waals surface area contributed by atoms with E-state index < -0.39 is 11.2 Å². The van der Waals surface area contributed by atoms with E-state index >= 15 is 0 Å². The van der Waals surface area contributed by atoms with Gasteiger partial charge in [-0.1, -0.05) is 44.2 Å². The first-order chi connectivity index (χ1) is 8.04. The van der Waals surface area contributed by atoms with Gasteiger partial charge >= 0.3 is 5.97 Å². The number of carbonyl (C=O) groups excluding carboxylic acids is 1. The van der Waals surface area contributed by atoms with Gasteiger partial charge in [-0.25, -0.2) is 4.79 Å². The van der Waals surface area contributed by atoms with Crippen molar-refractivity contribution < 1.29 is 14.6 Å². The molecule has 1 saturated carbocycles. The Balaban J connectivity index is 2.25. The van der Waals surface area contributed by atoms with Crippen molar-refractivity contribution in [3.05, 3.63) is 0 Å². The maximum atomic E-state index is 11.2. The normalized spacial score (nSPS) is 25.5. The molecule has 1 aliphatic carbocycles. The summed E-state index contributed by atoms with van der Waals surface area (Å²) in [5.41, 5.74) is 0. The molecule has 0 amide bonds. The maximum absolute atomic E-state index is 11.2. The van der Waals surface area contributed by atoms with Gasteiger partial charge in [-0.3, -0.25) is 4.89 Å². The van der Waals surface area contributed by atoms with Crippen LogP contribution in [0.25, 0.3) is 0 Å². The molecular weight excluding hydrogens is 214 g/mol. The highest BCUT2D eigenvalue weighted by atomic mass is 17.2. The van der Waals surface area contributed by atoms with E-state index in [1.54, 1.807) is 0 Å². The molecule has 0 saturated heterocycles. The van der Waals surface area contributed by atoms with Crippen molar-refractivity contribution in [2.24, 2.45) is 11.8 Å². The molecule has 0 bridgehead atoms. The zero-order valence-electron chi connectivity index (χ0n) is 10.8. The average Bonchev–Trinajstić information content (AvgIpc) is 2.76. The summed E-state index contributed by atoms with van der Waals surface area (Å²) in [7, 11) is 13.2. The maximum Gasteiger partial charge on any atom is 0.342 e. The van der Waals surface area contributed by atoms with Gasteiger partial charge in [-0.15, -0.1) is 0 Å². The Morgan fingerprint density at radius 2 is 1.94 bits per heavy atom. The van der Waals surface area contributed by atoms with Crippen LogP contribution in [0.3, 0.4) is 0 Å². The van der Waals surface area contributed by atoms with Crippen LogP contribution in [-0.4, -0.2) is 28.8 Å². The molecule has 92 valence electrons. The van der Waals surface area contributed by atoms with Gasteiger partial charge in [-0.2, -0.15) is 4.89 Å². The van der Waals surface area contributed by atoms with Crippen LogP contribution in [0.15, 0.2) is 0 Å². The fraction of sp³-hybridized carbons (Fsp3) is 0.917. The van der Waals surface area contributed by atoms with Crippen LogP contribution in [0.2, 0.25) is 5.21 Å². The fourth-order valence-electron chi connectivity index (χ4n) is 2.46. The Kier molecular flexibility index (Phi) is 5.57. The lowest BCUT2D eigenvalue weighted by molar-refractivity contribution is -0.255. The third-order valence-electron chi connectivity index (χ3n) is 3.59. The van der Waals surface area contributed by atoms with Gasteiger partial charge in [0, 0.05) is 0 Å². The summed E-state index contributed by atoms with van der Waals surface area (Å²) in [5.74, 6) is -0.121. The minimum Gasteiger partial charge on any atom is -0.299 e. The number of rotatable bonds is 8. The summed E-state index contributed by atoms with van der Waals surface area (Å²) in [6.07, 6.45) is 6.04. The van der Waals surface area contributed by atoms with Crippen molar-refractivity contribution in [1.82, 2.24) is 0 Å². The highest BCUT2D eigenvalue weighted by molar-refractivity contribution is 6.43. The first kappa shape index (κ1) is 14.6. The lowest BCUT2D eigenvalue weighted by Gasteiger charge is -2.02. The van der Waals surface area contributed by atoms with Crippen LogP contribution in [-0.2, 0) is 14.6 Å². The Morgan fingerprint density at radius 3 is 2.53 bits per heavy atom. The number of hydrogen-bond donors (Lipinski definition) is 0. The lowest BCUT2D eigenvalue weighted by Crippen LogP contribution is -2.06. The molecule has 17 heavy (non-hydrogen) atoms. The molecule has 0 aromatic heterocycles. The molecule has 0 heterocycles. The molecular formula is C12H20B2O3. The smallest absolute Gasteiger partial charge is 0.299 e. The van der Waals surface area contributed by atoms with E-state index in [4.69, 9.17) is 15.7 Å². The molecule has 0 aromatic rings. The van der Waals surface area contributed by atoms with Crippen LogP contribution in [0, 0.1) is 11.8 Å². The first-order valence-electron chi connectivity index (χ1n) is 6.35. The van der Waals surface area contributed by atoms with Crippen LogP contribution in [0.4, 0.5) is 0 Å². The van der Waals surface area contributed by atoms with Crippen molar-refractivity contribution >= 4 is 21.7 Å². The largest absolute Gasteiger partial charge is 0.342 e. The summed E-state index contributed by atoms with van der Waals surface area (Å²) in [4.78, 5) is 20.0. The average molecular weight is 234 g/mol. The molecule has 1 rings (SSSR count). The van der Waals surface area contributed by atoms with Gasteiger partial charge in [0.05, 0.1) is 29.2 Å². The van der Waals surface area contributed by atoms with E-state index in [1.807, 2.05) is 0 Å². The minimum absolute atomic E-state index is 0.0341. The molecule has 1 fully saturated rings. The van der Waals surface area contributed by atoms with Gasteiger partial charge in [0.15, 0.2) is 0 Å². The summed E-state index contributed by atoms with van der Waals surface area (Å²) in [6.45, 7) is 2.18. The molecule has 4 radical (unpaired) electrons. The van der Waals surface area contributed by atoms with Gasteiger partial charge in [0.25, 0.3) is 0 Å². The number of hydrogen-bond acceptors (Lipinski definition) is 3. The zero-order valence-corrected chi connectivity index (χ0v) is 10.8. The molecule has 2 atom stereocenters. The predicted octanol–water partition coefficient (Wildman–Crippen LogP) is 2.15. The molecule has 1 aliphatic rings. The third kappa shape index (κ3) is 4.06. The Bertz CT molecular complexity index is 256. The standard InChI is InChI=1S/C12H20B2O3/c1-3-4-5-6-7-9-10(12(9,13)14)8-11(15)17-16-2/h9-10H,3-8H2,1-2H3. The first-order valence-corrected chi connectivity index (χ1v) is 6.35. The van der Waals surface area contributed by atoms with Crippen LogP contribution in [0.1, 0.15) is 45.4 Å². The molecule has 5 heteroatoms. The fourth-order valence-corrected chi connectivity index (χ4v) is 2.46. The summed E-state index contributed by atoms with van der Waals surface area (Å²) >= 11 is 0. The molecule has 0 aliphatic heterocycles.